The first-order chi connectivity index (χ1) is 11.6. The summed E-state index contributed by atoms with van der Waals surface area (Å²) < 4.78 is 0. The lowest BCUT2D eigenvalue weighted by Crippen LogP contribution is -2.52. The Kier molecular flexibility index (Phi) is 3.18. The first-order valence-corrected chi connectivity index (χ1v) is 8.81. The van der Waals surface area contributed by atoms with Gasteiger partial charge in [-0.25, -0.2) is 0 Å². The molecule has 0 aliphatic heterocycles. The molecule has 6 nitrogen and oxygen atoms in total. The van der Waals surface area contributed by atoms with Gasteiger partial charge in [0.15, 0.2) is 0 Å². The third-order valence-corrected chi connectivity index (χ3v) is 7.84. The van der Waals surface area contributed by atoms with Crippen molar-refractivity contribution in [1.82, 2.24) is 0 Å². The predicted octanol–water partition coefficient (Wildman–Crippen LogP) is 1.43. The van der Waals surface area contributed by atoms with Crippen LogP contribution in [0.15, 0.2) is 24.3 Å². The van der Waals surface area contributed by atoms with Gasteiger partial charge in [0.1, 0.15) is 0 Å². The van der Waals surface area contributed by atoms with Crippen LogP contribution in [0.3, 0.4) is 0 Å². The molecule has 2 unspecified atom stereocenters. The molecule has 0 aromatic rings. The van der Waals surface area contributed by atoms with Crippen molar-refractivity contribution in [3.05, 3.63) is 24.3 Å². The van der Waals surface area contributed by atoms with Gasteiger partial charge < -0.3 is 20.4 Å². The van der Waals surface area contributed by atoms with Crippen LogP contribution in [-0.2, 0) is 9.59 Å². The number of fused-ring (bicyclic) bond motifs is 3. The van der Waals surface area contributed by atoms with Crippen LogP contribution in [0.1, 0.15) is 32.6 Å². The molecule has 0 radical (unpaired) electrons. The molecule has 0 aromatic heterocycles. The van der Waals surface area contributed by atoms with E-state index < -0.39 is 46.3 Å². The Hall–Kier alpha value is -1.66. The zero-order valence-corrected chi connectivity index (χ0v) is 14.2. The molecule has 3 saturated carbocycles. The lowest BCUT2D eigenvalue weighted by atomic mass is 9.60. The van der Waals surface area contributed by atoms with Crippen LogP contribution in [0.25, 0.3) is 0 Å². The molecule has 0 aromatic carbocycles. The summed E-state index contributed by atoms with van der Waals surface area (Å²) in [4.78, 5) is 24.4. The molecule has 4 rings (SSSR count). The Morgan fingerprint density at radius 1 is 1.28 bits per heavy atom. The quantitative estimate of drug-likeness (QED) is 0.561. The van der Waals surface area contributed by atoms with Gasteiger partial charge in [0.05, 0.1) is 23.0 Å². The lowest BCUT2D eigenvalue weighted by molar-refractivity contribution is -0.167. The van der Waals surface area contributed by atoms with Crippen molar-refractivity contribution in [1.29, 1.82) is 0 Å². The van der Waals surface area contributed by atoms with Crippen LogP contribution >= 0.6 is 0 Å². The summed E-state index contributed by atoms with van der Waals surface area (Å²) in [5, 5.41) is 41.2. The number of carbonyl (C=O) groups is 2. The summed E-state index contributed by atoms with van der Waals surface area (Å²) in [7, 11) is 0. The summed E-state index contributed by atoms with van der Waals surface area (Å²) in [5.41, 5.74) is -2.62. The van der Waals surface area contributed by atoms with Crippen molar-refractivity contribution in [2.45, 2.75) is 44.3 Å². The molecular formula is C19H24O6. The molecule has 6 heteroatoms. The third-order valence-electron chi connectivity index (χ3n) is 7.84. The minimum atomic E-state index is -1.56. The van der Waals surface area contributed by atoms with Crippen molar-refractivity contribution in [3.8, 4) is 0 Å². The highest BCUT2D eigenvalue weighted by atomic mass is 16.4. The maximum Gasteiger partial charge on any atom is 0.312 e. The number of hydrogen-bond acceptors (Lipinski definition) is 4. The van der Waals surface area contributed by atoms with Crippen molar-refractivity contribution in [2.24, 2.45) is 34.5 Å². The molecule has 0 heterocycles. The molecule has 1 spiro atoms. The van der Waals surface area contributed by atoms with Crippen molar-refractivity contribution >= 4 is 11.9 Å². The van der Waals surface area contributed by atoms with Crippen LogP contribution < -0.4 is 0 Å². The molecule has 4 aliphatic carbocycles. The summed E-state index contributed by atoms with van der Waals surface area (Å²) >= 11 is 0. The average Bonchev–Trinajstić information content (AvgIpc) is 2.90. The fraction of sp³-hybridized carbons (Fsp3) is 0.684. The second-order valence-electron chi connectivity index (χ2n) is 8.70. The largest absolute Gasteiger partial charge is 0.481 e. The van der Waals surface area contributed by atoms with Crippen LogP contribution in [0.5, 0.6) is 0 Å². The normalized spacial score (nSPS) is 53.4. The molecule has 2 bridgehead atoms. The minimum Gasteiger partial charge on any atom is -0.481 e. The van der Waals surface area contributed by atoms with E-state index in [0.717, 1.165) is 0 Å². The first kappa shape index (κ1) is 16.8. The van der Waals surface area contributed by atoms with E-state index in [1.165, 1.54) is 13.0 Å². The van der Waals surface area contributed by atoms with Gasteiger partial charge >= 0.3 is 11.9 Å². The molecule has 0 amide bonds. The SMILES string of the molecule is C=C1C[C@]23C[C@@]1(O)CCC2C1C=C[C@H](O)[C@@](C)(C(=O)O)[C@H]1[C@@H]3C(=O)O. The minimum absolute atomic E-state index is 0.0134. The van der Waals surface area contributed by atoms with Gasteiger partial charge in [-0.15, -0.1) is 0 Å². The van der Waals surface area contributed by atoms with Crippen molar-refractivity contribution in [3.63, 3.8) is 0 Å². The van der Waals surface area contributed by atoms with Gasteiger partial charge in [-0.3, -0.25) is 9.59 Å². The Balaban J connectivity index is 1.92. The van der Waals surface area contributed by atoms with Crippen LogP contribution in [0.2, 0.25) is 0 Å². The monoisotopic (exact) mass is 348 g/mol. The maximum atomic E-state index is 12.3. The fourth-order valence-corrected chi connectivity index (χ4v) is 6.66. The second-order valence-corrected chi connectivity index (χ2v) is 8.70. The summed E-state index contributed by atoms with van der Waals surface area (Å²) in [6, 6.07) is 0. The van der Waals surface area contributed by atoms with Gasteiger partial charge in [0.2, 0.25) is 0 Å². The number of carboxylic acid groups (broad SMARTS) is 2. The van der Waals surface area contributed by atoms with Gasteiger partial charge in [0, 0.05) is 0 Å². The Bertz CT molecular complexity index is 713. The van der Waals surface area contributed by atoms with Gasteiger partial charge in [0.25, 0.3) is 0 Å². The fourth-order valence-electron chi connectivity index (χ4n) is 6.66. The molecule has 4 N–H and O–H groups in total. The molecular weight excluding hydrogens is 324 g/mol. The molecule has 3 fully saturated rings. The molecule has 136 valence electrons. The molecule has 4 aliphatic rings. The topological polar surface area (TPSA) is 115 Å². The molecule has 25 heavy (non-hydrogen) atoms. The van der Waals surface area contributed by atoms with E-state index in [2.05, 4.69) is 6.58 Å². The van der Waals surface area contributed by atoms with E-state index in [1.807, 2.05) is 6.08 Å². The van der Waals surface area contributed by atoms with Crippen LogP contribution in [0.4, 0.5) is 0 Å². The van der Waals surface area contributed by atoms with Gasteiger partial charge in [-0.1, -0.05) is 18.7 Å². The number of carboxylic acids is 2. The lowest BCUT2D eigenvalue weighted by Gasteiger charge is -2.43. The number of rotatable bonds is 2. The van der Waals surface area contributed by atoms with E-state index >= 15 is 0 Å². The Morgan fingerprint density at radius 2 is 1.96 bits per heavy atom. The van der Waals surface area contributed by atoms with Crippen LogP contribution in [0, 0.1) is 34.5 Å². The van der Waals surface area contributed by atoms with Gasteiger partial charge in [-0.05, 0) is 61.3 Å². The van der Waals surface area contributed by atoms with Crippen LogP contribution in [-0.4, -0.2) is 44.1 Å². The number of aliphatic carboxylic acids is 2. The number of hydrogen-bond donors (Lipinski definition) is 4. The first-order valence-electron chi connectivity index (χ1n) is 8.81. The van der Waals surface area contributed by atoms with E-state index in [-0.39, 0.29) is 11.8 Å². The molecule has 0 saturated heterocycles. The van der Waals surface area contributed by atoms with Gasteiger partial charge in [-0.2, -0.15) is 0 Å². The average molecular weight is 348 g/mol. The summed E-state index contributed by atoms with van der Waals surface area (Å²) in [6.45, 7) is 5.45. The van der Waals surface area contributed by atoms with E-state index in [4.69, 9.17) is 0 Å². The highest BCUT2D eigenvalue weighted by molar-refractivity contribution is 5.80. The van der Waals surface area contributed by atoms with E-state index in [9.17, 15) is 30.0 Å². The predicted molar refractivity (Wildman–Crippen MR) is 87.5 cm³/mol. The molecule has 8 atom stereocenters. The highest BCUT2D eigenvalue weighted by Crippen LogP contribution is 2.73. The van der Waals surface area contributed by atoms with E-state index in [0.29, 0.717) is 31.3 Å². The van der Waals surface area contributed by atoms with Crippen molar-refractivity contribution in [2.75, 3.05) is 0 Å². The smallest absolute Gasteiger partial charge is 0.312 e. The summed E-state index contributed by atoms with van der Waals surface area (Å²) in [5.74, 6) is -4.07. The Labute approximate surface area is 145 Å². The highest BCUT2D eigenvalue weighted by Gasteiger charge is 2.74. The number of aliphatic hydroxyl groups excluding tert-OH is 1. The van der Waals surface area contributed by atoms with Crippen molar-refractivity contribution < 1.29 is 30.0 Å². The zero-order valence-electron chi connectivity index (χ0n) is 14.2. The second kappa shape index (κ2) is 4.74. The third kappa shape index (κ3) is 1.77. The standard InChI is InChI=1S/C19H24O6/c1-9-7-18-8-19(9,25)6-5-11(18)10-3-4-12(20)17(2,16(23)24)13(10)14(18)15(21)22/h3-4,10-14,20,25H,1,5-8H2,2H3,(H,21,22)(H,23,24)/t10?,11?,12-,13+,14+,17+,18-,19-/m0/s1. The Morgan fingerprint density at radius 3 is 2.56 bits per heavy atom. The van der Waals surface area contributed by atoms with E-state index in [1.54, 1.807) is 0 Å². The maximum absolute atomic E-state index is 12.3. The summed E-state index contributed by atoms with van der Waals surface area (Å²) in [6.07, 6.45) is 4.03. The number of allylic oxidation sites excluding steroid dienone is 1. The number of aliphatic hydroxyl groups is 2. The zero-order chi connectivity index (χ0) is 18.4.